The summed E-state index contributed by atoms with van der Waals surface area (Å²) in [7, 11) is 5.57. The van der Waals surface area contributed by atoms with Crippen molar-refractivity contribution in [3.05, 3.63) is 0 Å². The van der Waals surface area contributed by atoms with Crippen molar-refractivity contribution >= 4 is 0 Å². The molecule has 0 aromatic heterocycles. The van der Waals surface area contributed by atoms with Crippen molar-refractivity contribution in [1.82, 2.24) is 5.32 Å². The first-order chi connectivity index (χ1) is 7.45. The van der Waals surface area contributed by atoms with E-state index in [1.165, 1.54) is 0 Å². The Labute approximate surface area is 101 Å². The molecular formula is C13H29NO2. The van der Waals surface area contributed by atoms with Gasteiger partial charge in [-0.05, 0) is 46.1 Å². The van der Waals surface area contributed by atoms with Crippen LogP contribution in [0.25, 0.3) is 0 Å². The molecule has 0 fully saturated rings. The third-order valence-corrected chi connectivity index (χ3v) is 3.19. The summed E-state index contributed by atoms with van der Waals surface area (Å²) >= 11 is 0. The summed E-state index contributed by atoms with van der Waals surface area (Å²) in [6, 6.07) is 0.555. The summed E-state index contributed by atoms with van der Waals surface area (Å²) < 4.78 is 10.6. The zero-order valence-electron chi connectivity index (χ0n) is 11.8. The Kier molecular flexibility index (Phi) is 7.98. The van der Waals surface area contributed by atoms with E-state index >= 15 is 0 Å². The Morgan fingerprint density at radius 1 is 1.25 bits per heavy atom. The summed E-state index contributed by atoms with van der Waals surface area (Å²) in [5, 5.41) is 3.38. The van der Waals surface area contributed by atoms with Crippen molar-refractivity contribution in [2.75, 3.05) is 27.9 Å². The van der Waals surface area contributed by atoms with Gasteiger partial charge in [0.25, 0.3) is 0 Å². The molecule has 0 saturated heterocycles. The zero-order valence-corrected chi connectivity index (χ0v) is 11.8. The third kappa shape index (κ3) is 7.20. The molecule has 2 atom stereocenters. The average molecular weight is 231 g/mol. The van der Waals surface area contributed by atoms with E-state index in [9.17, 15) is 0 Å². The number of hydrogen-bond acceptors (Lipinski definition) is 3. The highest BCUT2D eigenvalue weighted by Gasteiger charge is 2.19. The second-order valence-electron chi connectivity index (χ2n) is 5.28. The second-order valence-corrected chi connectivity index (χ2v) is 5.28. The van der Waals surface area contributed by atoms with E-state index in [0.717, 1.165) is 25.9 Å². The SMILES string of the molecule is CNC(CCC(C)(C)OC)CC(C)COC. The van der Waals surface area contributed by atoms with E-state index in [1.54, 1.807) is 14.2 Å². The Morgan fingerprint density at radius 2 is 1.88 bits per heavy atom. The van der Waals surface area contributed by atoms with Gasteiger partial charge in [0.1, 0.15) is 0 Å². The molecular weight excluding hydrogens is 202 g/mol. The molecule has 0 amide bonds. The Hall–Kier alpha value is -0.120. The van der Waals surface area contributed by atoms with Crippen molar-refractivity contribution < 1.29 is 9.47 Å². The fourth-order valence-electron chi connectivity index (χ4n) is 1.84. The first kappa shape index (κ1) is 15.9. The molecule has 16 heavy (non-hydrogen) atoms. The van der Waals surface area contributed by atoms with Crippen molar-refractivity contribution in [3.8, 4) is 0 Å². The van der Waals surface area contributed by atoms with Crippen molar-refractivity contribution in [2.45, 2.75) is 51.7 Å². The number of hydrogen-bond donors (Lipinski definition) is 1. The molecule has 0 bridgehead atoms. The quantitative estimate of drug-likeness (QED) is 0.661. The van der Waals surface area contributed by atoms with Gasteiger partial charge in [0.15, 0.2) is 0 Å². The molecule has 3 heteroatoms. The lowest BCUT2D eigenvalue weighted by Gasteiger charge is -2.27. The monoisotopic (exact) mass is 231 g/mol. The van der Waals surface area contributed by atoms with E-state index in [2.05, 4.69) is 26.1 Å². The summed E-state index contributed by atoms with van der Waals surface area (Å²) in [4.78, 5) is 0. The molecule has 0 aliphatic rings. The fraction of sp³-hybridized carbons (Fsp3) is 1.00. The van der Waals surface area contributed by atoms with Crippen LogP contribution in [-0.4, -0.2) is 39.5 Å². The van der Waals surface area contributed by atoms with Gasteiger partial charge in [-0.2, -0.15) is 0 Å². The Morgan fingerprint density at radius 3 is 2.31 bits per heavy atom. The number of methoxy groups -OCH3 is 2. The maximum absolute atomic E-state index is 5.43. The molecule has 0 spiro atoms. The topological polar surface area (TPSA) is 30.5 Å². The van der Waals surface area contributed by atoms with Gasteiger partial charge >= 0.3 is 0 Å². The molecule has 98 valence electrons. The van der Waals surface area contributed by atoms with Gasteiger partial charge in [-0.3, -0.25) is 0 Å². The van der Waals surface area contributed by atoms with Crippen molar-refractivity contribution in [1.29, 1.82) is 0 Å². The lowest BCUT2D eigenvalue weighted by Crippen LogP contribution is -2.32. The smallest absolute Gasteiger partial charge is 0.0623 e. The second kappa shape index (κ2) is 8.04. The predicted molar refractivity (Wildman–Crippen MR) is 68.8 cm³/mol. The molecule has 0 aliphatic carbocycles. The molecule has 2 unspecified atom stereocenters. The first-order valence-electron chi connectivity index (χ1n) is 6.16. The molecule has 0 heterocycles. The van der Waals surface area contributed by atoms with Crippen LogP contribution in [0.15, 0.2) is 0 Å². The van der Waals surface area contributed by atoms with Gasteiger partial charge in [-0.1, -0.05) is 6.92 Å². The first-order valence-corrected chi connectivity index (χ1v) is 6.16. The number of ether oxygens (including phenoxy) is 2. The minimum absolute atomic E-state index is 0.0143. The number of nitrogens with one attached hydrogen (secondary N) is 1. The molecule has 0 saturated carbocycles. The minimum atomic E-state index is -0.0143. The molecule has 0 rings (SSSR count). The van der Waals surface area contributed by atoms with E-state index in [1.807, 2.05) is 7.05 Å². The lowest BCUT2D eigenvalue weighted by molar-refractivity contribution is 0.0110. The van der Waals surface area contributed by atoms with Gasteiger partial charge in [0.05, 0.1) is 5.60 Å². The highest BCUT2D eigenvalue weighted by Crippen LogP contribution is 2.19. The summed E-state index contributed by atoms with van der Waals surface area (Å²) in [5.41, 5.74) is -0.0143. The molecule has 0 aliphatic heterocycles. The van der Waals surface area contributed by atoms with Crippen LogP contribution in [0.5, 0.6) is 0 Å². The van der Waals surface area contributed by atoms with Crippen LogP contribution in [0.3, 0.4) is 0 Å². The normalized spacial score (nSPS) is 16.1. The van der Waals surface area contributed by atoms with Gasteiger partial charge in [-0.15, -0.1) is 0 Å². The summed E-state index contributed by atoms with van der Waals surface area (Å²) in [6.45, 7) is 7.34. The number of rotatable bonds is 9. The Balaban J connectivity index is 3.91. The largest absolute Gasteiger partial charge is 0.384 e. The van der Waals surface area contributed by atoms with Gasteiger partial charge in [0, 0.05) is 26.9 Å². The summed E-state index contributed by atoms with van der Waals surface area (Å²) in [6.07, 6.45) is 3.38. The van der Waals surface area contributed by atoms with Gasteiger partial charge in [-0.25, -0.2) is 0 Å². The molecule has 0 aromatic rings. The highest BCUT2D eigenvalue weighted by atomic mass is 16.5. The van der Waals surface area contributed by atoms with Crippen molar-refractivity contribution in [2.24, 2.45) is 5.92 Å². The van der Waals surface area contributed by atoms with Gasteiger partial charge in [0.2, 0.25) is 0 Å². The maximum Gasteiger partial charge on any atom is 0.0623 e. The van der Waals surface area contributed by atoms with Crippen LogP contribution >= 0.6 is 0 Å². The Bertz CT molecular complexity index is 171. The van der Waals surface area contributed by atoms with Gasteiger partial charge < -0.3 is 14.8 Å². The van der Waals surface area contributed by atoms with Crippen molar-refractivity contribution in [3.63, 3.8) is 0 Å². The molecule has 0 aromatic carbocycles. The zero-order chi connectivity index (χ0) is 12.6. The third-order valence-electron chi connectivity index (χ3n) is 3.19. The van der Waals surface area contributed by atoms with Crippen LogP contribution in [0.2, 0.25) is 0 Å². The predicted octanol–water partition coefficient (Wildman–Crippen LogP) is 2.45. The minimum Gasteiger partial charge on any atom is -0.384 e. The van der Waals surface area contributed by atoms with E-state index in [-0.39, 0.29) is 5.60 Å². The van der Waals surface area contributed by atoms with Crippen LogP contribution in [0.4, 0.5) is 0 Å². The highest BCUT2D eigenvalue weighted by molar-refractivity contribution is 4.75. The average Bonchev–Trinajstić information content (AvgIpc) is 2.24. The molecule has 3 nitrogen and oxygen atoms in total. The summed E-state index contributed by atoms with van der Waals surface area (Å²) in [5.74, 6) is 0.605. The molecule has 1 N–H and O–H groups in total. The maximum atomic E-state index is 5.43. The van der Waals surface area contributed by atoms with Crippen LogP contribution in [0, 0.1) is 5.92 Å². The van der Waals surface area contributed by atoms with E-state index in [4.69, 9.17) is 9.47 Å². The lowest BCUT2D eigenvalue weighted by atomic mass is 9.94. The van der Waals surface area contributed by atoms with E-state index in [0.29, 0.717) is 12.0 Å². The van der Waals surface area contributed by atoms with Crippen LogP contribution in [-0.2, 0) is 9.47 Å². The van der Waals surface area contributed by atoms with Crippen LogP contribution < -0.4 is 5.32 Å². The van der Waals surface area contributed by atoms with E-state index < -0.39 is 0 Å². The molecule has 0 radical (unpaired) electrons. The van der Waals surface area contributed by atoms with Crippen LogP contribution in [0.1, 0.15) is 40.0 Å². The standard InChI is InChI=1S/C13H29NO2/c1-11(10-15-5)9-12(14-4)7-8-13(2,3)16-6/h11-12,14H,7-10H2,1-6H3. The fourth-order valence-corrected chi connectivity index (χ4v) is 1.84.